The van der Waals surface area contributed by atoms with Crippen molar-refractivity contribution in [3.8, 4) is 5.75 Å². The molecule has 3 N–H and O–H groups in total. The van der Waals surface area contributed by atoms with Gasteiger partial charge in [0.2, 0.25) is 11.8 Å². The second-order valence-electron chi connectivity index (χ2n) is 7.54. The van der Waals surface area contributed by atoms with E-state index in [1.807, 2.05) is 20.8 Å². The minimum Gasteiger partial charge on any atom is -0.458 e. The van der Waals surface area contributed by atoms with Crippen LogP contribution in [0.25, 0.3) is 4.91 Å². The van der Waals surface area contributed by atoms with Crippen LogP contribution in [0.3, 0.4) is 0 Å². The molecule has 1 fully saturated rings. The molecular formula is C24H33F2N5O2S2. The van der Waals surface area contributed by atoms with Gasteiger partial charge in [0.25, 0.3) is 0 Å². The Balaban J connectivity index is 0.00000210. The molecule has 7 nitrogen and oxygen atoms in total. The molecular weight excluding hydrogens is 492 g/mol. The van der Waals surface area contributed by atoms with E-state index in [1.54, 1.807) is 19.2 Å². The number of rotatable bonds is 9. The first kappa shape index (κ1) is 28.7. The van der Waals surface area contributed by atoms with Crippen LogP contribution >= 0.6 is 11.8 Å². The van der Waals surface area contributed by atoms with Crippen LogP contribution in [0, 0.1) is 11.6 Å². The Labute approximate surface area is 212 Å². The molecule has 0 radical (unpaired) electrons. The summed E-state index contributed by atoms with van der Waals surface area (Å²) in [6, 6.07) is 4.51. The molecule has 1 saturated heterocycles. The number of nitrogens with one attached hydrogen (secondary N) is 3. The van der Waals surface area contributed by atoms with E-state index in [2.05, 4.69) is 31.9 Å². The van der Waals surface area contributed by atoms with Crippen molar-refractivity contribution in [2.75, 3.05) is 29.4 Å². The topological polar surface area (TPSA) is 88.2 Å². The van der Waals surface area contributed by atoms with Crippen molar-refractivity contribution in [1.29, 1.82) is 0 Å². The van der Waals surface area contributed by atoms with Crippen molar-refractivity contribution in [2.24, 2.45) is 0 Å². The smallest absolute Gasteiger partial charge is 0.223 e. The van der Waals surface area contributed by atoms with Crippen LogP contribution in [0.5, 0.6) is 5.75 Å². The maximum Gasteiger partial charge on any atom is 0.223 e. The Morgan fingerprint density at radius 3 is 2.63 bits per heavy atom. The van der Waals surface area contributed by atoms with E-state index in [1.165, 1.54) is 30.2 Å². The Morgan fingerprint density at radius 2 is 2.00 bits per heavy atom. The first-order valence-electron chi connectivity index (χ1n) is 11.4. The lowest BCUT2D eigenvalue weighted by Crippen LogP contribution is -2.38. The van der Waals surface area contributed by atoms with Crippen LogP contribution in [0.4, 0.5) is 20.4 Å². The van der Waals surface area contributed by atoms with Gasteiger partial charge in [-0.15, -0.1) is 0 Å². The average molecular weight is 526 g/mol. The summed E-state index contributed by atoms with van der Waals surface area (Å²) in [5.41, 5.74) is 0.366. The van der Waals surface area contributed by atoms with Crippen molar-refractivity contribution < 1.29 is 17.7 Å². The first-order valence-corrected chi connectivity index (χ1v) is 13.7. The van der Waals surface area contributed by atoms with Crippen LogP contribution < -0.4 is 20.1 Å². The zero-order chi connectivity index (χ0) is 26.0. The van der Waals surface area contributed by atoms with Gasteiger partial charge < -0.3 is 20.1 Å². The molecule has 0 saturated carbocycles. The third kappa shape index (κ3) is 8.59. The van der Waals surface area contributed by atoms with Gasteiger partial charge in [0.1, 0.15) is 16.7 Å². The number of nitrogens with zero attached hydrogens (tertiary/aromatic N) is 2. The molecule has 2 heterocycles. The first-order chi connectivity index (χ1) is 16.7. The van der Waals surface area contributed by atoms with Crippen LogP contribution in [-0.2, 0) is 11.0 Å². The monoisotopic (exact) mass is 525 g/mol. The van der Waals surface area contributed by atoms with Crippen molar-refractivity contribution in [2.45, 2.75) is 46.6 Å². The van der Waals surface area contributed by atoms with Crippen LogP contribution in [0.1, 0.15) is 46.2 Å². The number of ether oxygens (including phenoxy) is 1. The SMILES string of the molecule is C=C(C)S/C(=C(\C)Oc1ccc(NS(C)=O)c(F)c1F)c1ccnc(NC2CCCNC2)n1.CC. The summed E-state index contributed by atoms with van der Waals surface area (Å²) in [4.78, 5) is 10.3. The molecule has 1 aromatic carbocycles. The lowest BCUT2D eigenvalue weighted by Gasteiger charge is -2.24. The van der Waals surface area contributed by atoms with Gasteiger partial charge in [-0.25, -0.2) is 18.6 Å². The van der Waals surface area contributed by atoms with E-state index in [4.69, 9.17) is 4.74 Å². The Hall–Kier alpha value is -2.50. The van der Waals surface area contributed by atoms with Crippen LogP contribution in [-0.4, -0.2) is 39.6 Å². The predicted octanol–water partition coefficient (Wildman–Crippen LogP) is 5.68. The third-order valence-corrected chi connectivity index (χ3v) is 6.23. The molecule has 3 rings (SSSR count). The molecule has 35 heavy (non-hydrogen) atoms. The zero-order valence-corrected chi connectivity index (χ0v) is 22.3. The van der Waals surface area contributed by atoms with Gasteiger partial charge in [0.15, 0.2) is 11.6 Å². The quantitative estimate of drug-likeness (QED) is 0.363. The molecule has 2 unspecified atom stereocenters. The number of aromatic nitrogens is 2. The lowest BCUT2D eigenvalue weighted by atomic mass is 10.1. The fourth-order valence-electron chi connectivity index (χ4n) is 3.25. The lowest BCUT2D eigenvalue weighted by molar-refractivity contribution is 0.386. The van der Waals surface area contributed by atoms with E-state index in [0.717, 1.165) is 30.8 Å². The van der Waals surface area contributed by atoms with Gasteiger partial charge in [0, 0.05) is 25.0 Å². The third-order valence-electron chi connectivity index (χ3n) is 4.68. The van der Waals surface area contributed by atoms with E-state index in [-0.39, 0.29) is 17.5 Å². The molecule has 2 aromatic rings. The predicted molar refractivity (Wildman–Crippen MR) is 143 cm³/mol. The fraction of sp³-hybridized carbons (Fsp3) is 0.417. The van der Waals surface area contributed by atoms with Crippen molar-refractivity contribution in [3.63, 3.8) is 0 Å². The van der Waals surface area contributed by atoms with Crippen molar-refractivity contribution >= 4 is 39.3 Å². The second kappa shape index (κ2) is 14.2. The highest BCUT2D eigenvalue weighted by atomic mass is 32.2. The Kier molecular flexibility index (Phi) is 11.6. The summed E-state index contributed by atoms with van der Waals surface area (Å²) in [5, 5.41) is 6.67. The minimum absolute atomic E-state index is 0.206. The molecule has 0 bridgehead atoms. The summed E-state index contributed by atoms with van der Waals surface area (Å²) in [7, 11) is -1.54. The summed E-state index contributed by atoms with van der Waals surface area (Å²) in [6.45, 7) is 13.2. The standard InChI is InChI=1S/C22H27F2N5O2S2.C2H6/c1-13(2)32-21(17-9-11-26-22(28-17)27-15-6-5-10-25-12-15)14(3)31-18-8-7-16(29-33(4)30)19(23)20(18)24;1-2/h7-9,11,15,25,29H,1,5-6,10,12H2,2-4H3,(H,26,27,28);1-2H3/b21-14+;. The fourth-order valence-corrected chi connectivity index (χ4v) is 4.47. The summed E-state index contributed by atoms with van der Waals surface area (Å²) in [5.74, 6) is -1.84. The molecule has 11 heteroatoms. The highest BCUT2D eigenvalue weighted by Gasteiger charge is 2.19. The number of piperidine rings is 1. The van der Waals surface area contributed by atoms with Gasteiger partial charge in [-0.05, 0) is 56.3 Å². The Bertz CT molecular complexity index is 1080. The molecule has 192 valence electrons. The number of halogens is 2. The maximum atomic E-state index is 14.6. The van der Waals surface area contributed by atoms with E-state index >= 15 is 0 Å². The van der Waals surface area contributed by atoms with Crippen molar-refractivity contribution in [1.82, 2.24) is 15.3 Å². The molecule has 0 spiro atoms. The van der Waals surface area contributed by atoms with Gasteiger partial charge in [0.05, 0.1) is 16.3 Å². The maximum absolute atomic E-state index is 14.6. The van der Waals surface area contributed by atoms with Gasteiger partial charge in [-0.1, -0.05) is 32.2 Å². The number of allylic oxidation sites excluding steroid dienone is 2. The Morgan fingerprint density at radius 1 is 1.26 bits per heavy atom. The molecule has 1 aromatic heterocycles. The van der Waals surface area contributed by atoms with E-state index < -0.39 is 22.6 Å². The average Bonchev–Trinajstić information content (AvgIpc) is 2.84. The highest BCUT2D eigenvalue weighted by Crippen LogP contribution is 2.36. The molecule has 1 aliphatic rings. The number of hydrogen-bond acceptors (Lipinski definition) is 7. The minimum atomic E-state index is -1.54. The normalized spacial score (nSPS) is 16.8. The highest BCUT2D eigenvalue weighted by molar-refractivity contribution is 8.11. The number of benzene rings is 1. The summed E-state index contributed by atoms with van der Waals surface area (Å²) < 4.78 is 48.3. The largest absolute Gasteiger partial charge is 0.458 e. The zero-order valence-electron chi connectivity index (χ0n) is 20.7. The van der Waals surface area contributed by atoms with Crippen LogP contribution in [0.15, 0.2) is 41.6 Å². The molecule has 1 aliphatic heterocycles. The van der Waals surface area contributed by atoms with Crippen LogP contribution in [0.2, 0.25) is 0 Å². The van der Waals surface area contributed by atoms with Gasteiger partial charge >= 0.3 is 0 Å². The van der Waals surface area contributed by atoms with Gasteiger partial charge in [-0.2, -0.15) is 4.39 Å². The second-order valence-corrected chi connectivity index (χ2v) is 9.96. The summed E-state index contributed by atoms with van der Waals surface area (Å²) in [6.07, 6.45) is 5.06. The van der Waals surface area contributed by atoms with Crippen molar-refractivity contribution in [3.05, 3.63) is 59.0 Å². The number of thioether (sulfide) groups is 1. The van der Waals surface area contributed by atoms with E-state index in [9.17, 15) is 13.0 Å². The number of hydrogen-bond donors (Lipinski definition) is 3. The number of anilines is 2. The molecule has 0 aliphatic carbocycles. The molecule has 0 amide bonds. The molecule has 2 atom stereocenters. The summed E-state index contributed by atoms with van der Waals surface area (Å²) >= 11 is 1.32. The van der Waals surface area contributed by atoms with E-state index in [0.29, 0.717) is 22.3 Å². The van der Waals surface area contributed by atoms with Gasteiger partial charge in [-0.3, -0.25) is 0 Å².